The van der Waals surface area contributed by atoms with Gasteiger partial charge in [0.2, 0.25) is 0 Å². The Morgan fingerprint density at radius 3 is 2.60 bits per heavy atom. The van der Waals surface area contributed by atoms with E-state index < -0.39 is 11.6 Å². The highest BCUT2D eigenvalue weighted by Crippen LogP contribution is 2.19. The molecule has 1 amide bonds. The van der Waals surface area contributed by atoms with E-state index in [2.05, 4.69) is 0 Å². The number of ether oxygens (including phenoxy) is 1. The molecule has 1 aliphatic rings. The van der Waals surface area contributed by atoms with E-state index in [1.165, 1.54) is 0 Å². The van der Waals surface area contributed by atoms with Gasteiger partial charge < -0.3 is 14.7 Å². The Bertz CT molecular complexity index is 352. The first-order valence-corrected chi connectivity index (χ1v) is 7.05. The second-order valence-corrected chi connectivity index (χ2v) is 6.53. The number of piperidine rings is 1. The number of carboxylic acids is 1. The lowest BCUT2D eigenvalue weighted by molar-refractivity contribution is -0.138. The number of nitrogens with zero attached hydrogens (tertiary/aromatic N) is 2. The van der Waals surface area contributed by atoms with Crippen LogP contribution in [0.2, 0.25) is 0 Å². The molecule has 0 aliphatic carbocycles. The van der Waals surface area contributed by atoms with Gasteiger partial charge in [-0.25, -0.2) is 4.79 Å². The minimum absolute atomic E-state index is 0.0307. The maximum Gasteiger partial charge on any atom is 0.410 e. The van der Waals surface area contributed by atoms with Crippen molar-refractivity contribution in [1.29, 1.82) is 0 Å². The molecule has 1 heterocycles. The summed E-state index contributed by atoms with van der Waals surface area (Å²) in [7, 11) is 1.79. The second-order valence-electron chi connectivity index (χ2n) is 6.53. The molecule has 0 aromatic heterocycles. The minimum Gasteiger partial charge on any atom is -0.480 e. The van der Waals surface area contributed by atoms with Gasteiger partial charge in [-0.2, -0.15) is 0 Å². The number of likely N-dealkylation sites (tertiary alicyclic amines) is 1. The largest absolute Gasteiger partial charge is 0.480 e. The van der Waals surface area contributed by atoms with Crippen molar-refractivity contribution in [3.63, 3.8) is 0 Å². The topological polar surface area (TPSA) is 70.1 Å². The Morgan fingerprint density at radius 2 is 2.05 bits per heavy atom. The van der Waals surface area contributed by atoms with Gasteiger partial charge in [0.15, 0.2) is 0 Å². The van der Waals surface area contributed by atoms with Crippen molar-refractivity contribution in [2.24, 2.45) is 5.92 Å². The maximum atomic E-state index is 12.0. The summed E-state index contributed by atoms with van der Waals surface area (Å²) in [6.45, 7) is 7.63. The number of carbonyl (C=O) groups excluding carboxylic acids is 1. The van der Waals surface area contributed by atoms with Crippen LogP contribution in [0.4, 0.5) is 4.79 Å². The molecule has 1 rings (SSSR count). The van der Waals surface area contributed by atoms with Gasteiger partial charge in [0.1, 0.15) is 5.60 Å². The third kappa shape index (κ3) is 6.23. The van der Waals surface area contributed by atoms with Gasteiger partial charge in [-0.1, -0.05) is 0 Å². The molecule has 20 heavy (non-hydrogen) atoms. The molecule has 116 valence electrons. The fourth-order valence-electron chi connectivity index (χ4n) is 2.44. The van der Waals surface area contributed by atoms with E-state index in [9.17, 15) is 9.59 Å². The highest BCUT2D eigenvalue weighted by Gasteiger charge is 2.28. The molecule has 0 bridgehead atoms. The van der Waals surface area contributed by atoms with Crippen LogP contribution in [0.5, 0.6) is 0 Å². The van der Waals surface area contributed by atoms with Crippen LogP contribution in [0, 0.1) is 5.92 Å². The van der Waals surface area contributed by atoms with E-state index in [0.29, 0.717) is 25.6 Å². The van der Waals surface area contributed by atoms with Crippen molar-refractivity contribution in [2.45, 2.75) is 39.2 Å². The molecule has 1 fully saturated rings. The van der Waals surface area contributed by atoms with Crippen molar-refractivity contribution in [3.05, 3.63) is 0 Å². The first-order valence-electron chi connectivity index (χ1n) is 7.05. The van der Waals surface area contributed by atoms with Crippen LogP contribution in [0.3, 0.4) is 0 Å². The number of likely N-dealkylation sites (N-methyl/N-ethyl adjacent to an activating group) is 1. The van der Waals surface area contributed by atoms with Crippen molar-refractivity contribution >= 4 is 12.1 Å². The van der Waals surface area contributed by atoms with E-state index in [1.54, 1.807) is 16.8 Å². The van der Waals surface area contributed by atoms with Gasteiger partial charge in [0, 0.05) is 19.6 Å². The standard InChI is InChI=1S/C14H26N2O4/c1-14(2,3)20-13(19)16-7-5-6-11(9-16)8-15(4)10-12(17)18/h11H,5-10H2,1-4H3,(H,17,18)/t11-/m0/s1. The zero-order chi connectivity index (χ0) is 15.3. The van der Waals surface area contributed by atoms with Crippen LogP contribution in [0.1, 0.15) is 33.6 Å². The Kier molecular flexibility index (Phi) is 5.80. The van der Waals surface area contributed by atoms with Crippen molar-refractivity contribution < 1.29 is 19.4 Å². The zero-order valence-electron chi connectivity index (χ0n) is 12.9. The number of carbonyl (C=O) groups is 2. The summed E-state index contributed by atoms with van der Waals surface area (Å²) < 4.78 is 5.37. The summed E-state index contributed by atoms with van der Waals surface area (Å²) in [4.78, 5) is 26.2. The van der Waals surface area contributed by atoms with Crippen molar-refractivity contribution in [1.82, 2.24) is 9.80 Å². The fourth-order valence-corrected chi connectivity index (χ4v) is 2.44. The van der Waals surface area contributed by atoms with Gasteiger partial charge >= 0.3 is 12.1 Å². The van der Waals surface area contributed by atoms with Crippen molar-refractivity contribution in [2.75, 3.05) is 33.2 Å². The lowest BCUT2D eigenvalue weighted by Gasteiger charge is -2.35. The molecule has 1 saturated heterocycles. The number of hydrogen-bond acceptors (Lipinski definition) is 4. The van der Waals surface area contributed by atoms with Crippen LogP contribution in [0.25, 0.3) is 0 Å². The third-order valence-electron chi connectivity index (χ3n) is 3.15. The monoisotopic (exact) mass is 286 g/mol. The highest BCUT2D eigenvalue weighted by molar-refractivity contribution is 5.69. The molecule has 0 radical (unpaired) electrons. The quantitative estimate of drug-likeness (QED) is 0.851. The predicted octanol–water partition coefficient (Wildman–Crippen LogP) is 1.65. The Balaban J connectivity index is 2.46. The average molecular weight is 286 g/mol. The normalized spacial score (nSPS) is 20.1. The van der Waals surface area contributed by atoms with Crippen LogP contribution in [-0.4, -0.2) is 65.8 Å². The van der Waals surface area contributed by atoms with E-state index in [1.807, 2.05) is 20.8 Å². The minimum atomic E-state index is -0.827. The lowest BCUT2D eigenvalue weighted by atomic mass is 9.98. The number of rotatable bonds is 4. The van der Waals surface area contributed by atoms with Gasteiger partial charge in [0.25, 0.3) is 0 Å². The number of amides is 1. The first-order chi connectivity index (χ1) is 9.17. The van der Waals surface area contributed by atoms with E-state index in [4.69, 9.17) is 9.84 Å². The summed E-state index contributed by atoms with van der Waals surface area (Å²) in [6, 6.07) is 0. The Hall–Kier alpha value is -1.30. The van der Waals surface area contributed by atoms with Gasteiger partial charge in [0.05, 0.1) is 6.54 Å². The van der Waals surface area contributed by atoms with E-state index in [-0.39, 0.29) is 12.6 Å². The third-order valence-corrected chi connectivity index (χ3v) is 3.15. The molecule has 0 spiro atoms. The second kappa shape index (κ2) is 6.92. The lowest BCUT2D eigenvalue weighted by Crippen LogP contribution is -2.45. The molecule has 0 aromatic carbocycles. The highest BCUT2D eigenvalue weighted by atomic mass is 16.6. The smallest absolute Gasteiger partial charge is 0.410 e. The molecule has 1 atom stereocenters. The summed E-state index contributed by atoms with van der Waals surface area (Å²) >= 11 is 0. The zero-order valence-corrected chi connectivity index (χ0v) is 12.9. The van der Waals surface area contributed by atoms with E-state index >= 15 is 0 Å². The van der Waals surface area contributed by atoms with Crippen molar-refractivity contribution in [3.8, 4) is 0 Å². The summed E-state index contributed by atoms with van der Waals surface area (Å²) in [6.07, 6.45) is 1.68. The summed E-state index contributed by atoms with van der Waals surface area (Å²) in [5.74, 6) is -0.520. The summed E-state index contributed by atoms with van der Waals surface area (Å²) in [5, 5.41) is 8.75. The molecule has 1 N–H and O–H groups in total. The van der Waals surface area contributed by atoms with Crippen LogP contribution >= 0.6 is 0 Å². The average Bonchev–Trinajstić information content (AvgIpc) is 2.25. The molecule has 1 aliphatic heterocycles. The molecule has 6 heteroatoms. The van der Waals surface area contributed by atoms with Crippen LogP contribution < -0.4 is 0 Å². The molecule has 6 nitrogen and oxygen atoms in total. The Labute approximate surface area is 120 Å². The molecule has 0 saturated carbocycles. The number of hydrogen-bond donors (Lipinski definition) is 1. The number of aliphatic carboxylic acids is 1. The number of carboxylic acid groups (broad SMARTS) is 1. The van der Waals surface area contributed by atoms with Gasteiger partial charge in [-0.3, -0.25) is 9.69 Å². The maximum absolute atomic E-state index is 12.0. The van der Waals surface area contributed by atoms with Gasteiger partial charge in [-0.05, 0) is 46.6 Å². The fraction of sp³-hybridized carbons (Fsp3) is 0.857. The molecular weight excluding hydrogens is 260 g/mol. The molecule has 0 aromatic rings. The van der Waals surface area contributed by atoms with Gasteiger partial charge in [-0.15, -0.1) is 0 Å². The SMILES string of the molecule is CN(CC(=O)O)C[C@@H]1CCCN(C(=O)OC(C)(C)C)C1. The Morgan fingerprint density at radius 1 is 1.40 bits per heavy atom. The summed E-state index contributed by atoms with van der Waals surface area (Å²) in [5.41, 5.74) is -0.482. The van der Waals surface area contributed by atoms with Crippen LogP contribution in [0.15, 0.2) is 0 Å². The van der Waals surface area contributed by atoms with Crippen LogP contribution in [-0.2, 0) is 9.53 Å². The predicted molar refractivity (Wildman–Crippen MR) is 75.7 cm³/mol. The molecular formula is C14H26N2O4. The van der Waals surface area contributed by atoms with E-state index in [0.717, 1.165) is 12.8 Å². The first kappa shape index (κ1) is 16.8. The molecule has 0 unspecified atom stereocenters.